The summed E-state index contributed by atoms with van der Waals surface area (Å²) in [6.07, 6.45) is 0. The summed E-state index contributed by atoms with van der Waals surface area (Å²) in [5.74, 6) is 0.999. The third-order valence-electron chi connectivity index (χ3n) is 2.20. The first-order chi connectivity index (χ1) is 8.90. The molecule has 0 spiro atoms. The molecule has 19 heavy (non-hydrogen) atoms. The molecular formula is C12H5Br5O2. The number of hydrogen-bond acceptors (Lipinski definition) is 2. The molecular weight excluding hydrogens is 576 g/mol. The van der Waals surface area contributed by atoms with Gasteiger partial charge in [0.05, 0.1) is 8.95 Å². The van der Waals surface area contributed by atoms with E-state index in [-0.39, 0.29) is 5.75 Å². The van der Waals surface area contributed by atoms with Crippen LogP contribution in [0.1, 0.15) is 0 Å². The zero-order valence-corrected chi connectivity index (χ0v) is 17.0. The molecule has 0 unspecified atom stereocenters. The van der Waals surface area contributed by atoms with Gasteiger partial charge in [-0.05, 0) is 88.0 Å². The maximum absolute atomic E-state index is 9.93. The van der Waals surface area contributed by atoms with Gasteiger partial charge in [-0.25, -0.2) is 0 Å². The maximum Gasteiger partial charge on any atom is 0.183 e. The van der Waals surface area contributed by atoms with Crippen LogP contribution in [0.4, 0.5) is 0 Å². The number of hydrogen-bond donors (Lipinski definition) is 1. The van der Waals surface area contributed by atoms with Crippen LogP contribution in [-0.4, -0.2) is 5.11 Å². The van der Waals surface area contributed by atoms with Gasteiger partial charge >= 0.3 is 0 Å². The topological polar surface area (TPSA) is 29.5 Å². The van der Waals surface area contributed by atoms with Gasteiger partial charge in [-0.2, -0.15) is 0 Å². The summed E-state index contributed by atoms with van der Waals surface area (Å²) in [5, 5.41) is 9.93. The Morgan fingerprint density at radius 3 is 2.16 bits per heavy atom. The summed E-state index contributed by atoms with van der Waals surface area (Å²) in [5.41, 5.74) is 0. The van der Waals surface area contributed by atoms with E-state index in [4.69, 9.17) is 4.74 Å². The van der Waals surface area contributed by atoms with E-state index in [1.54, 1.807) is 18.2 Å². The van der Waals surface area contributed by atoms with Crippen LogP contribution in [0.5, 0.6) is 17.2 Å². The molecule has 0 atom stereocenters. The van der Waals surface area contributed by atoms with Crippen molar-refractivity contribution in [1.82, 2.24) is 0 Å². The monoisotopic (exact) mass is 576 g/mol. The minimum atomic E-state index is 0.0483. The fourth-order valence-corrected chi connectivity index (χ4v) is 3.98. The second-order valence-corrected chi connectivity index (χ2v) is 7.72. The third kappa shape index (κ3) is 3.56. The van der Waals surface area contributed by atoms with Gasteiger partial charge in [0, 0.05) is 13.4 Å². The SMILES string of the molecule is Oc1cc(Br)cc(Br)c1Oc1ccc(Br)c(Br)c1Br. The van der Waals surface area contributed by atoms with Gasteiger partial charge in [0.2, 0.25) is 0 Å². The van der Waals surface area contributed by atoms with E-state index in [2.05, 4.69) is 79.6 Å². The molecule has 0 aliphatic rings. The first kappa shape index (κ1) is 15.8. The Bertz CT molecular complexity index is 619. The number of ether oxygens (including phenoxy) is 1. The Morgan fingerprint density at radius 2 is 1.53 bits per heavy atom. The number of benzene rings is 2. The van der Waals surface area contributed by atoms with Crippen molar-refractivity contribution >= 4 is 79.6 Å². The highest BCUT2D eigenvalue weighted by molar-refractivity contribution is 9.14. The van der Waals surface area contributed by atoms with E-state index in [1.165, 1.54) is 0 Å². The lowest BCUT2D eigenvalue weighted by molar-refractivity contribution is 0.407. The molecule has 0 fully saturated rings. The molecule has 0 amide bonds. The van der Waals surface area contributed by atoms with Gasteiger partial charge in [0.1, 0.15) is 5.75 Å². The van der Waals surface area contributed by atoms with Crippen molar-refractivity contribution in [3.63, 3.8) is 0 Å². The lowest BCUT2D eigenvalue weighted by Crippen LogP contribution is -1.89. The standard InChI is InChI=1S/C12H5Br5O2/c13-5-3-7(15)12(8(18)4-5)19-9-2-1-6(14)10(16)11(9)17/h1-4,18H. The molecule has 0 bridgehead atoms. The van der Waals surface area contributed by atoms with E-state index in [9.17, 15) is 5.11 Å². The van der Waals surface area contributed by atoms with Crippen molar-refractivity contribution in [2.45, 2.75) is 0 Å². The average molecular weight is 581 g/mol. The first-order valence-electron chi connectivity index (χ1n) is 4.89. The fraction of sp³-hybridized carbons (Fsp3) is 0. The second kappa shape index (κ2) is 6.47. The van der Waals surface area contributed by atoms with Crippen molar-refractivity contribution in [2.24, 2.45) is 0 Å². The zero-order valence-electron chi connectivity index (χ0n) is 9.05. The smallest absolute Gasteiger partial charge is 0.183 e. The van der Waals surface area contributed by atoms with E-state index in [0.29, 0.717) is 16.0 Å². The molecule has 0 aliphatic carbocycles. The molecule has 2 rings (SSSR count). The van der Waals surface area contributed by atoms with Gasteiger partial charge in [-0.15, -0.1) is 0 Å². The lowest BCUT2D eigenvalue weighted by atomic mass is 10.3. The molecule has 0 aromatic heterocycles. The van der Waals surface area contributed by atoms with Crippen LogP contribution >= 0.6 is 79.6 Å². The Balaban J connectivity index is 2.45. The Hall–Kier alpha value is 0.440. The largest absolute Gasteiger partial charge is 0.504 e. The zero-order chi connectivity index (χ0) is 14.2. The average Bonchev–Trinajstić information content (AvgIpc) is 2.33. The Labute approximate surface area is 152 Å². The maximum atomic E-state index is 9.93. The fourth-order valence-electron chi connectivity index (χ4n) is 1.34. The van der Waals surface area contributed by atoms with Crippen LogP contribution in [0.25, 0.3) is 0 Å². The van der Waals surface area contributed by atoms with Crippen molar-refractivity contribution < 1.29 is 9.84 Å². The highest BCUT2D eigenvalue weighted by Crippen LogP contribution is 2.44. The van der Waals surface area contributed by atoms with Gasteiger partial charge in [-0.3, -0.25) is 0 Å². The first-order valence-corrected chi connectivity index (χ1v) is 8.86. The van der Waals surface area contributed by atoms with Crippen LogP contribution in [0, 0.1) is 0 Å². The molecule has 0 radical (unpaired) electrons. The summed E-state index contributed by atoms with van der Waals surface area (Å²) in [7, 11) is 0. The Kier molecular flexibility index (Phi) is 5.39. The van der Waals surface area contributed by atoms with E-state index in [1.807, 2.05) is 6.07 Å². The lowest BCUT2D eigenvalue weighted by Gasteiger charge is -2.13. The normalized spacial score (nSPS) is 10.6. The molecule has 1 N–H and O–H groups in total. The number of phenols is 1. The van der Waals surface area contributed by atoms with Crippen molar-refractivity contribution in [3.8, 4) is 17.2 Å². The van der Waals surface area contributed by atoms with E-state index >= 15 is 0 Å². The third-order valence-corrected chi connectivity index (χ3v) is 6.58. The predicted octanol–water partition coefficient (Wildman–Crippen LogP) is 7.00. The highest BCUT2D eigenvalue weighted by Gasteiger charge is 2.14. The van der Waals surface area contributed by atoms with E-state index in [0.717, 1.165) is 17.9 Å². The minimum Gasteiger partial charge on any atom is -0.504 e. The molecule has 2 aromatic rings. The number of rotatable bonds is 2. The second-order valence-electron chi connectivity index (χ2n) is 3.51. The van der Waals surface area contributed by atoms with Gasteiger partial charge < -0.3 is 9.84 Å². The summed E-state index contributed by atoms with van der Waals surface area (Å²) in [6.45, 7) is 0. The quantitative estimate of drug-likeness (QED) is 0.388. The number of aromatic hydroxyl groups is 1. The van der Waals surface area contributed by atoms with Crippen LogP contribution in [0.2, 0.25) is 0 Å². The van der Waals surface area contributed by atoms with Crippen LogP contribution in [0.3, 0.4) is 0 Å². The van der Waals surface area contributed by atoms with Crippen LogP contribution in [0.15, 0.2) is 46.6 Å². The van der Waals surface area contributed by atoms with Crippen molar-refractivity contribution in [1.29, 1.82) is 0 Å². The molecule has 0 aliphatic heterocycles. The molecule has 0 saturated heterocycles. The highest BCUT2D eigenvalue weighted by atomic mass is 79.9. The van der Waals surface area contributed by atoms with Crippen molar-refractivity contribution in [2.75, 3.05) is 0 Å². The predicted molar refractivity (Wildman–Crippen MR) is 93.1 cm³/mol. The molecule has 0 heterocycles. The van der Waals surface area contributed by atoms with Crippen LogP contribution < -0.4 is 4.74 Å². The van der Waals surface area contributed by atoms with Gasteiger partial charge in [0.25, 0.3) is 0 Å². The molecule has 2 aromatic carbocycles. The Morgan fingerprint density at radius 1 is 0.842 bits per heavy atom. The molecule has 2 nitrogen and oxygen atoms in total. The number of halogens is 5. The summed E-state index contributed by atoms with van der Waals surface area (Å²) < 4.78 is 9.68. The molecule has 0 saturated carbocycles. The molecule has 7 heteroatoms. The summed E-state index contributed by atoms with van der Waals surface area (Å²) >= 11 is 16.9. The molecule has 100 valence electrons. The van der Waals surface area contributed by atoms with Gasteiger partial charge in [0.15, 0.2) is 11.5 Å². The summed E-state index contributed by atoms with van der Waals surface area (Å²) in [4.78, 5) is 0. The number of phenolic OH excluding ortho intramolecular Hbond substituents is 1. The minimum absolute atomic E-state index is 0.0483. The summed E-state index contributed by atoms with van der Waals surface area (Å²) in [6, 6.07) is 7.03. The van der Waals surface area contributed by atoms with Crippen LogP contribution in [-0.2, 0) is 0 Å². The van der Waals surface area contributed by atoms with Gasteiger partial charge in [-0.1, -0.05) is 15.9 Å². The van der Waals surface area contributed by atoms with Crippen molar-refractivity contribution in [3.05, 3.63) is 46.6 Å². The van der Waals surface area contributed by atoms with E-state index < -0.39 is 0 Å².